The van der Waals surface area contributed by atoms with Gasteiger partial charge in [-0.1, -0.05) is 6.07 Å². The number of nitrogens with zero attached hydrogens (tertiary/aromatic N) is 2. The van der Waals surface area contributed by atoms with Crippen molar-refractivity contribution in [2.45, 2.75) is 6.54 Å². The first-order valence-corrected chi connectivity index (χ1v) is 6.14. The number of pyridine rings is 1. The summed E-state index contributed by atoms with van der Waals surface area (Å²) in [6, 6.07) is 5.79. The Morgan fingerprint density at radius 1 is 1.28 bits per heavy atom. The second-order valence-corrected chi connectivity index (χ2v) is 4.14. The van der Waals surface area contributed by atoms with Gasteiger partial charge in [0.25, 0.3) is 0 Å². The fourth-order valence-electron chi connectivity index (χ4n) is 1.52. The van der Waals surface area contributed by atoms with E-state index in [9.17, 15) is 0 Å². The van der Waals surface area contributed by atoms with Gasteiger partial charge in [0.1, 0.15) is 0 Å². The molecule has 0 atom stereocenters. The van der Waals surface area contributed by atoms with E-state index in [1.54, 1.807) is 14.2 Å². The number of aromatic nitrogens is 1. The molecule has 1 aromatic rings. The molecule has 102 valence electrons. The van der Waals surface area contributed by atoms with E-state index in [2.05, 4.69) is 22.2 Å². The summed E-state index contributed by atoms with van der Waals surface area (Å²) in [5, 5.41) is 3.36. The Bertz CT molecular complexity index is 334. The Hall–Kier alpha value is -1.17. The molecule has 0 aliphatic rings. The maximum Gasteiger partial charge on any atom is 0.213 e. The van der Waals surface area contributed by atoms with Crippen molar-refractivity contribution in [1.29, 1.82) is 0 Å². The van der Waals surface area contributed by atoms with Crippen LogP contribution in [0.2, 0.25) is 0 Å². The molecule has 0 fully saturated rings. The fourth-order valence-corrected chi connectivity index (χ4v) is 1.52. The van der Waals surface area contributed by atoms with E-state index in [4.69, 9.17) is 9.47 Å². The van der Waals surface area contributed by atoms with E-state index in [-0.39, 0.29) is 0 Å². The first-order valence-electron chi connectivity index (χ1n) is 6.14. The van der Waals surface area contributed by atoms with E-state index in [0.29, 0.717) is 5.88 Å². The minimum Gasteiger partial charge on any atom is -0.481 e. The number of hydrogen-bond acceptors (Lipinski definition) is 5. The van der Waals surface area contributed by atoms with Crippen LogP contribution in [0.5, 0.6) is 5.88 Å². The third kappa shape index (κ3) is 5.95. The molecule has 1 heterocycles. The summed E-state index contributed by atoms with van der Waals surface area (Å²) < 4.78 is 10.1. The number of ether oxygens (including phenoxy) is 2. The van der Waals surface area contributed by atoms with Crippen molar-refractivity contribution in [2.24, 2.45) is 0 Å². The van der Waals surface area contributed by atoms with Gasteiger partial charge in [-0.15, -0.1) is 0 Å². The number of rotatable bonds is 9. The lowest BCUT2D eigenvalue weighted by Crippen LogP contribution is -2.31. The van der Waals surface area contributed by atoms with Gasteiger partial charge in [0.2, 0.25) is 5.88 Å². The van der Waals surface area contributed by atoms with Crippen LogP contribution in [0.15, 0.2) is 18.2 Å². The lowest BCUT2D eigenvalue weighted by Gasteiger charge is -2.16. The minimum atomic E-state index is 0.659. The molecule has 0 saturated heterocycles. The van der Waals surface area contributed by atoms with Crippen molar-refractivity contribution in [2.75, 3.05) is 47.5 Å². The summed E-state index contributed by atoms with van der Waals surface area (Å²) in [6.45, 7) is 4.41. The predicted molar refractivity (Wildman–Crippen MR) is 71.9 cm³/mol. The van der Waals surface area contributed by atoms with Crippen LogP contribution in [0, 0.1) is 0 Å². The highest BCUT2D eigenvalue weighted by molar-refractivity contribution is 5.15. The van der Waals surface area contributed by atoms with E-state index < -0.39 is 0 Å². The van der Waals surface area contributed by atoms with Crippen molar-refractivity contribution in [3.63, 3.8) is 0 Å². The minimum absolute atomic E-state index is 0.659. The molecule has 0 aliphatic carbocycles. The van der Waals surface area contributed by atoms with Crippen LogP contribution in [0.3, 0.4) is 0 Å². The van der Waals surface area contributed by atoms with Gasteiger partial charge in [-0.05, 0) is 13.1 Å². The lowest BCUT2D eigenvalue weighted by atomic mass is 10.3. The molecule has 0 saturated carbocycles. The number of nitrogens with one attached hydrogen (secondary N) is 1. The average Bonchev–Trinajstić information content (AvgIpc) is 2.41. The molecule has 1 aromatic heterocycles. The number of hydrogen-bond donors (Lipinski definition) is 1. The Morgan fingerprint density at radius 2 is 2.11 bits per heavy atom. The largest absolute Gasteiger partial charge is 0.481 e. The molecule has 5 nitrogen and oxygen atoms in total. The molecule has 0 amide bonds. The first-order chi connectivity index (χ1) is 8.76. The normalized spacial score (nSPS) is 10.9. The summed E-state index contributed by atoms with van der Waals surface area (Å²) in [7, 11) is 5.44. The first kappa shape index (κ1) is 14.9. The van der Waals surface area contributed by atoms with Crippen molar-refractivity contribution in [1.82, 2.24) is 15.2 Å². The zero-order chi connectivity index (χ0) is 13.2. The fraction of sp³-hybridized carbons (Fsp3) is 0.615. The van der Waals surface area contributed by atoms with Gasteiger partial charge in [0, 0.05) is 39.4 Å². The van der Waals surface area contributed by atoms with Crippen LogP contribution in [0.25, 0.3) is 0 Å². The maximum atomic E-state index is 5.08. The van der Waals surface area contributed by atoms with Crippen molar-refractivity contribution >= 4 is 0 Å². The Balaban J connectivity index is 2.17. The van der Waals surface area contributed by atoms with E-state index in [0.717, 1.165) is 38.5 Å². The Labute approximate surface area is 109 Å². The molecule has 1 rings (SSSR count). The summed E-state index contributed by atoms with van der Waals surface area (Å²) >= 11 is 0. The summed E-state index contributed by atoms with van der Waals surface area (Å²) in [4.78, 5) is 6.57. The third-order valence-corrected chi connectivity index (χ3v) is 2.64. The number of methoxy groups -OCH3 is 2. The second-order valence-electron chi connectivity index (χ2n) is 4.14. The average molecular weight is 253 g/mol. The van der Waals surface area contributed by atoms with Crippen LogP contribution >= 0.6 is 0 Å². The quantitative estimate of drug-likeness (QED) is 0.658. The maximum absolute atomic E-state index is 5.08. The highest BCUT2D eigenvalue weighted by Crippen LogP contribution is 2.05. The molecule has 0 aromatic carbocycles. The summed E-state index contributed by atoms with van der Waals surface area (Å²) in [5.74, 6) is 0.659. The van der Waals surface area contributed by atoms with Gasteiger partial charge in [-0.25, -0.2) is 4.98 Å². The van der Waals surface area contributed by atoms with Crippen LogP contribution < -0.4 is 10.1 Å². The Kier molecular flexibility index (Phi) is 7.32. The summed E-state index contributed by atoms with van der Waals surface area (Å²) in [5.41, 5.74) is 0.994. The van der Waals surface area contributed by atoms with Gasteiger partial charge in [0.05, 0.1) is 19.4 Å². The van der Waals surface area contributed by atoms with Crippen LogP contribution in [-0.2, 0) is 11.3 Å². The molecule has 0 unspecified atom stereocenters. The zero-order valence-electron chi connectivity index (χ0n) is 11.5. The summed E-state index contributed by atoms with van der Waals surface area (Å²) in [6.07, 6.45) is 0. The molecule has 0 spiro atoms. The van der Waals surface area contributed by atoms with E-state index in [1.807, 2.05) is 18.2 Å². The predicted octanol–water partition coefficient (Wildman–Crippen LogP) is 0.758. The van der Waals surface area contributed by atoms with Crippen molar-refractivity contribution < 1.29 is 9.47 Å². The van der Waals surface area contributed by atoms with Gasteiger partial charge in [-0.2, -0.15) is 0 Å². The number of likely N-dealkylation sites (N-methyl/N-ethyl adjacent to an activating group) is 1. The molecule has 18 heavy (non-hydrogen) atoms. The Morgan fingerprint density at radius 3 is 2.83 bits per heavy atom. The van der Waals surface area contributed by atoms with Crippen LogP contribution in [-0.4, -0.2) is 57.4 Å². The smallest absolute Gasteiger partial charge is 0.213 e. The van der Waals surface area contributed by atoms with Crippen LogP contribution in [0.1, 0.15) is 5.69 Å². The van der Waals surface area contributed by atoms with Gasteiger partial charge < -0.3 is 19.7 Å². The monoisotopic (exact) mass is 253 g/mol. The van der Waals surface area contributed by atoms with E-state index in [1.165, 1.54) is 0 Å². The topological polar surface area (TPSA) is 46.6 Å². The highest BCUT2D eigenvalue weighted by Gasteiger charge is 1.99. The van der Waals surface area contributed by atoms with Crippen LogP contribution in [0.4, 0.5) is 0 Å². The third-order valence-electron chi connectivity index (χ3n) is 2.64. The molecular weight excluding hydrogens is 230 g/mol. The standard InChI is InChI=1S/C13H23N3O2/c1-16(9-10-17-2)8-7-14-11-12-5-4-6-13(15-12)18-3/h4-6,14H,7-11H2,1-3H3. The van der Waals surface area contributed by atoms with E-state index >= 15 is 0 Å². The van der Waals surface area contributed by atoms with Gasteiger partial charge >= 0.3 is 0 Å². The molecule has 0 bridgehead atoms. The van der Waals surface area contributed by atoms with Gasteiger partial charge in [-0.3, -0.25) is 0 Å². The van der Waals surface area contributed by atoms with Crippen molar-refractivity contribution in [3.05, 3.63) is 23.9 Å². The molecular formula is C13H23N3O2. The molecule has 1 N–H and O–H groups in total. The highest BCUT2D eigenvalue weighted by atomic mass is 16.5. The molecule has 0 radical (unpaired) electrons. The molecule has 0 aliphatic heterocycles. The van der Waals surface area contributed by atoms with Gasteiger partial charge in [0.15, 0.2) is 0 Å². The zero-order valence-corrected chi connectivity index (χ0v) is 11.5. The molecule has 5 heteroatoms. The SMILES string of the molecule is COCCN(C)CCNCc1cccc(OC)n1. The second kappa shape index (κ2) is 8.85. The van der Waals surface area contributed by atoms with Crippen molar-refractivity contribution in [3.8, 4) is 5.88 Å². The lowest BCUT2D eigenvalue weighted by molar-refractivity contribution is 0.161.